The van der Waals surface area contributed by atoms with Crippen molar-refractivity contribution >= 4 is 33.3 Å². The number of hydrogen-bond acceptors (Lipinski definition) is 7. The van der Waals surface area contributed by atoms with Crippen LogP contribution in [0.5, 0.6) is 5.75 Å². The SMILES string of the molecule is CC(C)Cc1nnc(N2C(=O)c3oc4ccccc4c(=O)c3C2c2ccc(OCc3ccccc3)cc2)s1. The number of rotatable bonds is 7. The van der Waals surface area contributed by atoms with Crippen molar-refractivity contribution in [1.82, 2.24) is 10.2 Å². The molecule has 6 rings (SSSR count). The molecule has 1 amide bonds. The first kappa shape index (κ1) is 24.1. The molecule has 7 nitrogen and oxygen atoms in total. The first-order chi connectivity index (χ1) is 18.5. The van der Waals surface area contributed by atoms with Gasteiger partial charge >= 0.3 is 0 Å². The van der Waals surface area contributed by atoms with Crippen molar-refractivity contribution in [2.24, 2.45) is 5.92 Å². The first-order valence-corrected chi connectivity index (χ1v) is 13.3. The number of para-hydroxylation sites is 1. The molecule has 0 radical (unpaired) electrons. The Kier molecular flexibility index (Phi) is 6.25. The average molecular weight is 524 g/mol. The molecule has 190 valence electrons. The molecular weight excluding hydrogens is 498 g/mol. The summed E-state index contributed by atoms with van der Waals surface area (Å²) in [6.07, 6.45) is 0.756. The number of carbonyl (C=O) groups excluding carboxylic acids is 1. The van der Waals surface area contributed by atoms with E-state index in [-0.39, 0.29) is 11.2 Å². The van der Waals surface area contributed by atoms with E-state index in [9.17, 15) is 9.59 Å². The number of carbonyl (C=O) groups is 1. The van der Waals surface area contributed by atoms with Gasteiger partial charge in [-0.2, -0.15) is 0 Å². The van der Waals surface area contributed by atoms with Crippen LogP contribution in [0.3, 0.4) is 0 Å². The van der Waals surface area contributed by atoms with E-state index in [1.165, 1.54) is 16.2 Å². The quantitative estimate of drug-likeness (QED) is 0.254. The van der Waals surface area contributed by atoms with E-state index in [1.54, 1.807) is 24.3 Å². The molecule has 38 heavy (non-hydrogen) atoms. The molecule has 0 saturated carbocycles. The van der Waals surface area contributed by atoms with Gasteiger partial charge in [-0.15, -0.1) is 10.2 Å². The minimum Gasteiger partial charge on any atom is -0.489 e. The second kappa shape index (κ2) is 9.87. The maximum absolute atomic E-state index is 13.7. The van der Waals surface area contributed by atoms with Gasteiger partial charge in [0.05, 0.1) is 17.0 Å². The second-order valence-corrected chi connectivity index (χ2v) is 10.7. The van der Waals surface area contributed by atoms with E-state index in [1.807, 2.05) is 54.6 Å². The molecule has 0 saturated heterocycles. The Hall–Kier alpha value is -4.30. The highest BCUT2D eigenvalue weighted by atomic mass is 32.1. The number of anilines is 1. The van der Waals surface area contributed by atoms with Crippen molar-refractivity contribution in [3.05, 3.63) is 117 Å². The van der Waals surface area contributed by atoms with Gasteiger partial charge < -0.3 is 9.15 Å². The maximum atomic E-state index is 13.7. The minimum atomic E-state index is -0.693. The van der Waals surface area contributed by atoms with Crippen molar-refractivity contribution in [1.29, 1.82) is 0 Å². The largest absolute Gasteiger partial charge is 0.489 e. The van der Waals surface area contributed by atoms with Gasteiger partial charge in [0, 0.05) is 6.42 Å². The molecule has 0 bridgehead atoms. The normalized spacial score (nSPS) is 14.9. The Morgan fingerprint density at radius 3 is 2.45 bits per heavy atom. The van der Waals surface area contributed by atoms with Crippen LogP contribution in [0.25, 0.3) is 11.0 Å². The van der Waals surface area contributed by atoms with E-state index >= 15 is 0 Å². The zero-order valence-corrected chi connectivity index (χ0v) is 21.8. The third kappa shape index (κ3) is 4.37. The molecule has 0 spiro atoms. The number of ether oxygens (including phenoxy) is 1. The molecule has 0 aliphatic carbocycles. The van der Waals surface area contributed by atoms with Crippen LogP contribution in [0.1, 0.15) is 52.1 Å². The Morgan fingerprint density at radius 1 is 0.947 bits per heavy atom. The lowest BCUT2D eigenvalue weighted by Gasteiger charge is -2.22. The molecule has 0 N–H and O–H groups in total. The zero-order chi connectivity index (χ0) is 26.2. The lowest BCUT2D eigenvalue weighted by molar-refractivity contribution is 0.0970. The van der Waals surface area contributed by atoms with E-state index < -0.39 is 11.9 Å². The molecule has 0 fully saturated rings. The van der Waals surface area contributed by atoms with Crippen molar-refractivity contribution in [3.8, 4) is 5.75 Å². The molecule has 1 aliphatic heterocycles. The van der Waals surface area contributed by atoms with Gasteiger partial charge in [-0.1, -0.05) is 79.8 Å². The summed E-state index contributed by atoms with van der Waals surface area (Å²) in [5, 5.41) is 10.4. The lowest BCUT2D eigenvalue weighted by atomic mass is 9.98. The van der Waals surface area contributed by atoms with Gasteiger partial charge in [0.1, 0.15) is 22.9 Å². The number of benzene rings is 3. The van der Waals surface area contributed by atoms with E-state index in [4.69, 9.17) is 9.15 Å². The fraction of sp³-hybridized carbons (Fsp3) is 0.200. The number of amides is 1. The fourth-order valence-electron chi connectivity index (χ4n) is 4.69. The predicted molar refractivity (Wildman–Crippen MR) is 147 cm³/mol. The third-order valence-corrected chi connectivity index (χ3v) is 7.41. The summed E-state index contributed by atoms with van der Waals surface area (Å²) >= 11 is 1.36. The first-order valence-electron chi connectivity index (χ1n) is 12.5. The highest BCUT2D eigenvalue weighted by Crippen LogP contribution is 2.42. The van der Waals surface area contributed by atoms with Crippen LogP contribution in [0, 0.1) is 5.92 Å². The number of fused-ring (bicyclic) bond motifs is 2. The van der Waals surface area contributed by atoms with Gasteiger partial charge in [-0.25, -0.2) is 0 Å². The molecule has 5 aromatic rings. The summed E-state index contributed by atoms with van der Waals surface area (Å²) in [6.45, 7) is 4.66. The van der Waals surface area contributed by atoms with E-state index in [0.29, 0.717) is 39.9 Å². The lowest BCUT2D eigenvalue weighted by Crippen LogP contribution is -2.29. The summed E-state index contributed by atoms with van der Waals surface area (Å²) < 4.78 is 12.0. The summed E-state index contributed by atoms with van der Waals surface area (Å²) in [7, 11) is 0. The monoisotopic (exact) mass is 523 g/mol. The highest BCUT2D eigenvalue weighted by Gasteiger charge is 2.45. The van der Waals surface area contributed by atoms with Crippen LogP contribution in [-0.2, 0) is 13.0 Å². The van der Waals surface area contributed by atoms with E-state index in [0.717, 1.165) is 22.6 Å². The van der Waals surface area contributed by atoms with Gasteiger partial charge in [0.2, 0.25) is 10.9 Å². The number of nitrogens with zero attached hydrogens (tertiary/aromatic N) is 3. The highest BCUT2D eigenvalue weighted by molar-refractivity contribution is 7.15. The molecule has 3 heterocycles. The summed E-state index contributed by atoms with van der Waals surface area (Å²) in [5.41, 5.74) is 2.29. The molecule has 8 heteroatoms. The Labute approximate surface area is 223 Å². The van der Waals surface area contributed by atoms with Crippen LogP contribution in [0.15, 0.2) is 88.1 Å². The topological polar surface area (TPSA) is 85.5 Å². The predicted octanol–water partition coefficient (Wildman–Crippen LogP) is 6.17. The molecule has 1 aliphatic rings. The van der Waals surface area contributed by atoms with Gasteiger partial charge in [0.15, 0.2) is 5.43 Å². The minimum absolute atomic E-state index is 0.0451. The second-order valence-electron chi connectivity index (χ2n) is 9.67. The number of aromatic nitrogens is 2. The number of hydrogen-bond donors (Lipinski definition) is 0. The molecule has 1 atom stereocenters. The van der Waals surface area contributed by atoms with Gasteiger partial charge in [-0.3, -0.25) is 14.5 Å². The van der Waals surface area contributed by atoms with Crippen LogP contribution in [-0.4, -0.2) is 16.1 Å². The van der Waals surface area contributed by atoms with Crippen molar-refractivity contribution in [3.63, 3.8) is 0 Å². The van der Waals surface area contributed by atoms with Crippen molar-refractivity contribution < 1.29 is 13.9 Å². The zero-order valence-electron chi connectivity index (χ0n) is 21.0. The van der Waals surface area contributed by atoms with Crippen LogP contribution in [0.2, 0.25) is 0 Å². The maximum Gasteiger partial charge on any atom is 0.297 e. The molecule has 2 aromatic heterocycles. The Bertz CT molecular complexity index is 1680. The van der Waals surface area contributed by atoms with Crippen LogP contribution < -0.4 is 15.1 Å². The van der Waals surface area contributed by atoms with Crippen molar-refractivity contribution in [2.45, 2.75) is 32.9 Å². The van der Waals surface area contributed by atoms with Crippen LogP contribution in [0.4, 0.5) is 5.13 Å². The van der Waals surface area contributed by atoms with Gasteiger partial charge in [0.25, 0.3) is 5.91 Å². The summed E-state index contributed by atoms with van der Waals surface area (Å²) in [5.74, 6) is 0.734. The Balaban J connectivity index is 1.41. The molecule has 1 unspecified atom stereocenters. The Morgan fingerprint density at radius 2 is 1.68 bits per heavy atom. The summed E-state index contributed by atoms with van der Waals surface area (Å²) in [6, 6.07) is 23.7. The fourth-order valence-corrected chi connectivity index (χ4v) is 5.77. The average Bonchev–Trinajstić information content (AvgIpc) is 3.50. The van der Waals surface area contributed by atoms with Crippen molar-refractivity contribution in [2.75, 3.05) is 4.90 Å². The molecular formula is C30H25N3O4S. The third-order valence-electron chi connectivity index (χ3n) is 6.47. The standard InChI is InChI=1S/C30H25N3O4S/c1-18(2)16-24-31-32-30(38-24)33-26(20-12-14-21(15-13-20)36-17-19-8-4-3-5-9-19)25-27(34)22-10-6-7-11-23(22)37-28(25)29(33)35/h3-15,18,26H,16-17H2,1-2H3. The van der Waals surface area contributed by atoms with Crippen LogP contribution >= 0.6 is 11.3 Å². The molecule has 3 aromatic carbocycles. The van der Waals surface area contributed by atoms with E-state index in [2.05, 4.69) is 24.0 Å². The summed E-state index contributed by atoms with van der Waals surface area (Å²) in [4.78, 5) is 29.0. The smallest absolute Gasteiger partial charge is 0.297 e. The van der Waals surface area contributed by atoms with Gasteiger partial charge in [-0.05, 0) is 41.3 Å².